The fraction of sp³-hybridized carbons (Fsp3) is 0.333. The average Bonchev–Trinajstić information content (AvgIpc) is 3.50. The smallest absolute Gasteiger partial charge is 0.191 e. The Balaban J connectivity index is 1.39. The van der Waals surface area contributed by atoms with Gasteiger partial charge in [0.05, 0.1) is 19.9 Å². The number of hydrogen-bond acceptors (Lipinski definition) is 5. The number of guanidine groups is 1. The van der Waals surface area contributed by atoms with Crippen LogP contribution in [0.5, 0.6) is 5.75 Å². The molecule has 0 amide bonds. The van der Waals surface area contributed by atoms with Crippen LogP contribution in [0.25, 0.3) is 0 Å². The molecular weight excluding hydrogens is 409 g/mol. The Hall–Kier alpha value is -3.55. The molecule has 4 rings (SSSR count). The first-order valence-corrected chi connectivity index (χ1v) is 10.8. The Labute approximate surface area is 187 Å². The zero-order valence-corrected chi connectivity index (χ0v) is 18.1. The largest absolute Gasteiger partial charge is 0.497 e. The van der Waals surface area contributed by atoms with Crippen molar-refractivity contribution in [2.45, 2.75) is 25.4 Å². The van der Waals surface area contributed by atoms with E-state index in [9.17, 15) is 4.39 Å². The Morgan fingerprint density at radius 3 is 2.88 bits per heavy atom. The monoisotopic (exact) mass is 437 g/mol. The molecule has 0 aliphatic carbocycles. The van der Waals surface area contributed by atoms with Crippen LogP contribution in [-0.4, -0.2) is 43.7 Å². The predicted molar refractivity (Wildman–Crippen MR) is 122 cm³/mol. The lowest BCUT2D eigenvalue weighted by Crippen LogP contribution is -2.45. The first-order valence-electron chi connectivity index (χ1n) is 10.8. The second kappa shape index (κ2) is 10.7. The van der Waals surface area contributed by atoms with Crippen LogP contribution in [0.1, 0.15) is 17.7 Å². The second-order valence-corrected chi connectivity index (χ2v) is 7.65. The number of hydrogen-bond donors (Lipinski definition) is 2. The van der Waals surface area contributed by atoms with E-state index in [1.165, 1.54) is 6.07 Å². The van der Waals surface area contributed by atoms with Crippen LogP contribution in [0.3, 0.4) is 0 Å². The molecule has 7 nitrogen and oxygen atoms in total. The highest BCUT2D eigenvalue weighted by molar-refractivity contribution is 5.80. The Bertz CT molecular complexity index is 1010. The van der Waals surface area contributed by atoms with Crippen LogP contribution in [0, 0.1) is 5.82 Å². The molecule has 1 atom stereocenters. The van der Waals surface area contributed by atoms with Crippen molar-refractivity contribution in [3.8, 4) is 5.75 Å². The highest BCUT2D eigenvalue weighted by atomic mass is 19.1. The topological polar surface area (TPSA) is 74.9 Å². The minimum Gasteiger partial charge on any atom is -0.497 e. The molecule has 2 N–H and O–H groups in total. The molecule has 3 heterocycles. The number of furan rings is 1. The molecule has 0 radical (unpaired) electrons. The third-order valence-corrected chi connectivity index (χ3v) is 5.39. The van der Waals surface area contributed by atoms with Crippen molar-refractivity contribution in [3.63, 3.8) is 0 Å². The van der Waals surface area contributed by atoms with E-state index in [1.54, 1.807) is 25.6 Å². The van der Waals surface area contributed by atoms with E-state index in [1.807, 2.05) is 41.3 Å². The van der Waals surface area contributed by atoms with Gasteiger partial charge in [-0.2, -0.15) is 0 Å². The number of nitrogens with zero attached hydrogens (tertiary/aromatic N) is 3. The SMILES string of the molecule is COc1ccc(CN=C(NCCc2ccco2)NC2CCN(c3ncccc3F)C2)cc1. The standard InChI is InChI=1S/C24H28FN5O2/c1-31-20-8-6-18(7-9-20)16-28-24(27-13-10-21-4-3-15-32-21)29-19-11-14-30(17-19)23-22(25)5-2-12-26-23/h2-9,12,15,19H,10-11,13-14,16-17H2,1H3,(H2,27,28,29). The maximum absolute atomic E-state index is 14.1. The van der Waals surface area contributed by atoms with E-state index in [-0.39, 0.29) is 11.9 Å². The number of pyridine rings is 1. The molecule has 1 unspecified atom stereocenters. The highest BCUT2D eigenvalue weighted by Crippen LogP contribution is 2.20. The van der Waals surface area contributed by atoms with Gasteiger partial charge in [0.2, 0.25) is 0 Å². The number of aromatic nitrogens is 1. The molecule has 3 aromatic rings. The molecule has 2 aromatic heterocycles. The number of anilines is 1. The number of ether oxygens (including phenoxy) is 1. The van der Waals surface area contributed by atoms with Crippen molar-refractivity contribution in [1.82, 2.24) is 15.6 Å². The molecule has 0 bridgehead atoms. The molecule has 1 aromatic carbocycles. The van der Waals surface area contributed by atoms with Gasteiger partial charge < -0.3 is 24.7 Å². The van der Waals surface area contributed by atoms with Gasteiger partial charge in [0.15, 0.2) is 17.6 Å². The first kappa shape index (κ1) is 21.7. The lowest BCUT2D eigenvalue weighted by molar-refractivity contribution is 0.414. The predicted octanol–water partition coefficient (Wildman–Crippen LogP) is 3.38. The van der Waals surface area contributed by atoms with E-state index >= 15 is 0 Å². The van der Waals surface area contributed by atoms with Crippen LogP contribution >= 0.6 is 0 Å². The van der Waals surface area contributed by atoms with E-state index < -0.39 is 0 Å². The molecule has 1 aliphatic rings. The molecule has 1 aliphatic heterocycles. The zero-order valence-electron chi connectivity index (χ0n) is 18.1. The normalized spacial score (nSPS) is 16.2. The van der Waals surface area contributed by atoms with Crippen LogP contribution in [0.2, 0.25) is 0 Å². The fourth-order valence-corrected chi connectivity index (χ4v) is 3.69. The third kappa shape index (κ3) is 5.78. The summed E-state index contributed by atoms with van der Waals surface area (Å²) in [7, 11) is 1.65. The van der Waals surface area contributed by atoms with Gasteiger partial charge in [-0.15, -0.1) is 0 Å². The second-order valence-electron chi connectivity index (χ2n) is 7.65. The molecule has 32 heavy (non-hydrogen) atoms. The summed E-state index contributed by atoms with van der Waals surface area (Å²) in [6.07, 6.45) is 4.93. The summed E-state index contributed by atoms with van der Waals surface area (Å²) >= 11 is 0. The molecule has 1 fully saturated rings. The Morgan fingerprint density at radius 2 is 2.12 bits per heavy atom. The van der Waals surface area contributed by atoms with Crippen molar-refractivity contribution < 1.29 is 13.5 Å². The van der Waals surface area contributed by atoms with E-state index in [2.05, 4.69) is 15.6 Å². The summed E-state index contributed by atoms with van der Waals surface area (Å²) in [6.45, 7) is 2.62. The number of benzene rings is 1. The van der Waals surface area contributed by atoms with Crippen LogP contribution in [0.15, 0.2) is 70.4 Å². The van der Waals surface area contributed by atoms with Crippen molar-refractivity contribution in [2.75, 3.05) is 31.6 Å². The van der Waals surface area contributed by atoms with E-state index in [0.29, 0.717) is 25.5 Å². The van der Waals surface area contributed by atoms with E-state index in [0.717, 1.165) is 42.4 Å². The van der Waals surface area contributed by atoms with Gasteiger partial charge in [0, 0.05) is 38.3 Å². The highest BCUT2D eigenvalue weighted by Gasteiger charge is 2.26. The van der Waals surface area contributed by atoms with Gasteiger partial charge in [-0.25, -0.2) is 14.4 Å². The van der Waals surface area contributed by atoms with Crippen LogP contribution < -0.4 is 20.3 Å². The summed E-state index contributed by atoms with van der Waals surface area (Å²) in [5.74, 6) is 2.57. The molecular formula is C24H28FN5O2. The lowest BCUT2D eigenvalue weighted by atomic mass is 10.2. The molecule has 0 saturated carbocycles. The number of rotatable bonds is 8. The number of methoxy groups -OCH3 is 1. The van der Waals surface area contributed by atoms with E-state index in [4.69, 9.17) is 14.1 Å². The average molecular weight is 438 g/mol. The maximum atomic E-state index is 14.1. The molecule has 1 saturated heterocycles. The fourth-order valence-electron chi connectivity index (χ4n) is 3.69. The van der Waals surface area contributed by atoms with Gasteiger partial charge in [-0.1, -0.05) is 12.1 Å². The van der Waals surface area contributed by atoms with Crippen molar-refractivity contribution in [1.29, 1.82) is 0 Å². The van der Waals surface area contributed by atoms with Crippen molar-refractivity contribution in [2.24, 2.45) is 4.99 Å². The first-order chi connectivity index (χ1) is 15.7. The Kier molecular flexibility index (Phi) is 7.22. The lowest BCUT2D eigenvalue weighted by Gasteiger charge is -2.20. The zero-order chi connectivity index (χ0) is 22.2. The van der Waals surface area contributed by atoms with Gasteiger partial charge in [-0.05, 0) is 48.4 Å². The van der Waals surface area contributed by atoms with Gasteiger partial charge in [0.1, 0.15) is 11.5 Å². The summed E-state index contributed by atoms with van der Waals surface area (Å²) in [5.41, 5.74) is 1.08. The minimum absolute atomic E-state index is 0.141. The number of nitrogens with one attached hydrogen (secondary N) is 2. The van der Waals surface area contributed by atoms with Gasteiger partial charge in [0.25, 0.3) is 0 Å². The third-order valence-electron chi connectivity index (χ3n) is 5.39. The number of aliphatic imine (C=N–C) groups is 1. The quantitative estimate of drug-likeness (QED) is 0.416. The van der Waals surface area contributed by atoms with Crippen molar-refractivity contribution >= 4 is 11.8 Å². The summed E-state index contributed by atoms with van der Waals surface area (Å²) in [5, 5.41) is 6.89. The molecule has 168 valence electrons. The summed E-state index contributed by atoms with van der Waals surface area (Å²) in [6, 6.07) is 14.9. The number of halogens is 1. The summed E-state index contributed by atoms with van der Waals surface area (Å²) in [4.78, 5) is 10.9. The molecule has 8 heteroatoms. The minimum atomic E-state index is -0.293. The maximum Gasteiger partial charge on any atom is 0.191 e. The molecule has 0 spiro atoms. The summed E-state index contributed by atoms with van der Waals surface area (Å²) < 4.78 is 24.8. The van der Waals surface area contributed by atoms with Gasteiger partial charge in [-0.3, -0.25) is 0 Å². The van der Waals surface area contributed by atoms with Gasteiger partial charge >= 0.3 is 0 Å². The van der Waals surface area contributed by atoms with Crippen LogP contribution in [-0.2, 0) is 13.0 Å². The van der Waals surface area contributed by atoms with Crippen molar-refractivity contribution in [3.05, 3.63) is 78.1 Å². The Morgan fingerprint density at radius 1 is 1.25 bits per heavy atom. The van der Waals surface area contributed by atoms with Crippen LogP contribution in [0.4, 0.5) is 10.2 Å².